The summed E-state index contributed by atoms with van der Waals surface area (Å²) in [6, 6.07) is 3.81. The summed E-state index contributed by atoms with van der Waals surface area (Å²) >= 11 is 3.43. The molecule has 0 amide bonds. The molecule has 0 N–H and O–H groups in total. The Morgan fingerprint density at radius 3 is 2.62 bits per heavy atom. The van der Waals surface area contributed by atoms with Crippen molar-refractivity contribution in [2.75, 3.05) is 0 Å². The third kappa shape index (κ3) is 1.78. The summed E-state index contributed by atoms with van der Waals surface area (Å²) < 4.78 is 2.94. The Morgan fingerprint density at radius 1 is 1.38 bits per heavy atom. The molecule has 0 aliphatic carbocycles. The van der Waals surface area contributed by atoms with Gasteiger partial charge in [-0.3, -0.25) is 4.79 Å². The highest BCUT2D eigenvalue weighted by Crippen LogP contribution is 2.25. The van der Waals surface area contributed by atoms with Crippen LogP contribution in [0.2, 0.25) is 0 Å². The number of rotatable bonds is 1. The van der Waals surface area contributed by atoms with E-state index >= 15 is 0 Å². The van der Waals surface area contributed by atoms with E-state index in [0.717, 1.165) is 22.1 Å². The van der Waals surface area contributed by atoms with Gasteiger partial charge in [0, 0.05) is 16.1 Å². The van der Waals surface area contributed by atoms with Crippen molar-refractivity contribution in [2.45, 2.75) is 26.2 Å². The Hall–Kier alpha value is -1.16. The maximum Gasteiger partial charge on any atom is 0.170 e. The lowest BCUT2D eigenvalue weighted by Gasteiger charge is -2.16. The molecule has 0 bridgehead atoms. The SMILES string of the molecule is CC(C)(C)c1nc(C=O)c2ccc(Br)cn12. The molecule has 0 spiro atoms. The number of carbonyl (C=O) groups is 1. The highest BCUT2D eigenvalue weighted by molar-refractivity contribution is 9.10. The molecule has 2 aromatic rings. The molecule has 0 radical (unpaired) electrons. The van der Waals surface area contributed by atoms with E-state index in [1.54, 1.807) is 0 Å². The molecular weight excluding hydrogens is 268 g/mol. The van der Waals surface area contributed by atoms with E-state index in [0.29, 0.717) is 5.69 Å². The van der Waals surface area contributed by atoms with Gasteiger partial charge in [0.15, 0.2) is 6.29 Å². The second kappa shape index (κ2) is 3.70. The zero-order chi connectivity index (χ0) is 11.9. The lowest BCUT2D eigenvalue weighted by atomic mass is 9.96. The molecule has 0 aromatic carbocycles. The molecule has 2 heterocycles. The molecule has 16 heavy (non-hydrogen) atoms. The van der Waals surface area contributed by atoms with Crippen LogP contribution in [0.5, 0.6) is 0 Å². The molecular formula is C12H13BrN2O. The van der Waals surface area contributed by atoms with E-state index < -0.39 is 0 Å². The van der Waals surface area contributed by atoms with E-state index in [4.69, 9.17) is 0 Å². The lowest BCUT2D eigenvalue weighted by molar-refractivity contribution is 0.112. The van der Waals surface area contributed by atoms with Crippen molar-refractivity contribution in [1.82, 2.24) is 9.38 Å². The van der Waals surface area contributed by atoms with E-state index in [1.807, 2.05) is 22.7 Å². The van der Waals surface area contributed by atoms with Crippen LogP contribution in [0.1, 0.15) is 37.1 Å². The van der Waals surface area contributed by atoms with Crippen LogP contribution in [0.4, 0.5) is 0 Å². The fourth-order valence-corrected chi connectivity index (χ4v) is 2.04. The van der Waals surface area contributed by atoms with Gasteiger partial charge in [-0.25, -0.2) is 4.98 Å². The van der Waals surface area contributed by atoms with Crippen LogP contribution in [-0.2, 0) is 5.41 Å². The average Bonchev–Trinajstić information content (AvgIpc) is 2.54. The van der Waals surface area contributed by atoms with Crippen LogP contribution in [0.3, 0.4) is 0 Å². The molecule has 0 aliphatic rings. The minimum Gasteiger partial charge on any atom is -0.301 e. The largest absolute Gasteiger partial charge is 0.301 e. The minimum absolute atomic E-state index is 0.0923. The summed E-state index contributed by atoms with van der Waals surface area (Å²) in [4.78, 5) is 15.4. The first-order valence-electron chi connectivity index (χ1n) is 5.07. The fourth-order valence-electron chi connectivity index (χ4n) is 1.70. The molecule has 0 atom stereocenters. The maximum atomic E-state index is 11.0. The number of hydrogen-bond donors (Lipinski definition) is 0. The Labute approximate surface area is 103 Å². The highest BCUT2D eigenvalue weighted by Gasteiger charge is 2.22. The van der Waals surface area contributed by atoms with Crippen molar-refractivity contribution in [3.05, 3.63) is 34.3 Å². The van der Waals surface area contributed by atoms with Gasteiger partial charge in [-0.05, 0) is 28.1 Å². The monoisotopic (exact) mass is 280 g/mol. The minimum atomic E-state index is -0.0923. The van der Waals surface area contributed by atoms with Crippen molar-refractivity contribution in [3.63, 3.8) is 0 Å². The normalized spacial score (nSPS) is 12.0. The smallest absolute Gasteiger partial charge is 0.170 e. The maximum absolute atomic E-state index is 11.0. The quantitative estimate of drug-likeness (QED) is 0.752. The Morgan fingerprint density at radius 2 is 2.06 bits per heavy atom. The standard InChI is InChI=1S/C12H13BrN2O/c1-12(2,3)11-14-9(7-16)10-5-4-8(13)6-15(10)11/h4-7H,1-3H3. The third-order valence-electron chi connectivity index (χ3n) is 2.41. The molecule has 3 nitrogen and oxygen atoms in total. The van der Waals surface area contributed by atoms with E-state index in [-0.39, 0.29) is 5.41 Å². The number of pyridine rings is 1. The summed E-state index contributed by atoms with van der Waals surface area (Å²) in [7, 11) is 0. The second-order valence-electron chi connectivity index (χ2n) is 4.79. The van der Waals surface area contributed by atoms with Crippen LogP contribution >= 0.6 is 15.9 Å². The molecule has 0 saturated heterocycles. The lowest BCUT2D eigenvalue weighted by Crippen LogP contribution is -2.15. The van der Waals surface area contributed by atoms with Gasteiger partial charge in [0.05, 0.1) is 5.52 Å². The number of hydrogen-bond acceptors (Lipinski definition) is 2. The van der Waals surface area contributed by atoms with Crippen LogP contribution in [0, 0.1) is 0 Å². The third-order valence-corrected chi connectivity index (χ3v) is 2.88. The summed E-state index contributed by atoms with van der Waals surface area (Å²) in [6.45, 7) is 6.24. The van der Waals surface area contributed by atoms with Gasteiger partial charge in [0.2, 0.25) is 0 Å². The Kier molecular flexibility index (Phi) is 2.62. The van der Waals surface area contributed by atoms with Crippen molar-refractivity contribution in [1.29, 1.82) is 0 Å². The predicted molar refractivity (Wildman–Crippen MR) is 67.0 cm³/mol. The highest BCUT2D eigenvalue weighted by atomic mass is 79.9. The summed E-state index contributed by atoms with van der Waals surface area (Å²) in [5.74, 6) is 0.894. The average molecular weight is 281 g/mol. The number of halogens is 1. The molecule has 4 heteroatoms. The first kappa shape index (κ1) is 11.3. The van der Waals surface area contributed by atoms with Crippen LogP contribution in [0.25, 0.3) is 5.52 Å². The number of carbonyl (C=O) groups excluding carboxylic acids is 1. The van der Waals surface area contributed by atoms with Crippen LogP contribution in [-0.4, -0.2) is 15.7 Å². The van der Waals surface area contributed by atoms with Crippen LogP contribution < -0.4 is 0 Å². The van der Waals surface area contributed by atoms with Crippen molar-refractivity contribution < 1.29 is 4.79 Å². The predicted octanol–water partition coefficient (Wildman–Crippen LogP) is 3.21. The van der Waals surface area contributed by atoms with Crippen molar-refractivity contribution in [2.24, 2.45) is 0 Å². The molecule has 2 aromatic heterocycles. The zero-order valence-corrected chi connectivity index (χ0v) is 11.1. The number of imidazole rings is 1. The van der Waals surface area contributed by atoms with Gasteiger partial charge in [-0.15, -0.1) is 0 Å². The summed E-state index contributed by atoms with van der Waals surface area (Å²) in [6.07, 6.45) is 2.74. The molecule has 2 rings (SSSR count). The topological polar surface area (TPSA) is 34.4 Å². The van der Waals surface area contributed by atoms with Gasteiger partial charge in [-0.2, -0.15) is 0 Å². The number of nitrogens with zero attached hydrogens (tertiary/aromatic N) is 2. The summed E-state index contributed by atoms with van der Waals surface area (Å²) in [5, 5.41) is 0. The Bertz CT molecular complexity index is 552. The molecule has 84 valence electrons. The van der Waals surface area contributed by atoms with Crippen molar-refractivity contribution in [3.8, 4) is 0 Å². The fraction of sp³-hybridized carbons (Fsp3) is 0.333. The van der Waals surface area contributed by atoms with Gasteiger partial charge in [-0.1, -0.05) is 20.8 Å². The van der Waals surface area contributed by atoms with E-state index in [2.05, 4.69) is 41.7 Å². The first-order valence-corrected chi connectivity index (χ1v) is 5.86. The number of aromatic nitrogens is 2. The van der Waals surface area contributed by atoms with Gasteiger partial charge in [0.25, 0.3) is 0 Å². The van der Waals surface area contributed by atoms with Crippen LogP contribution in [0.15, 0.2) is 22.8 Å². The Balaban J connectivity index is 2.84. The van der Waals surface area contributed by atoms with E-state index in [9.17, 15) is 4.79 Å². The molecule has 0 saturated carbocycles. The zero-order valence-electron chi connectivity index (χ0n) is 9.49. The summed E-state index contributed by atoms with van der Waals surface area (Å²) in [5.41, 5.74) is 1.26. The van der Waals surface area contributed by atoms with Gasteiger partial charge in [0.1, 0.15) is 11.5 Å². The van der Waals surface area contributed by atoms with Gasteiger partial charge >= 0.3 is 0 Å². The number of fused-ring (bicyclic) bond motifs is 1. The van der Waals surface area contributed by atoms with E-state index in [1.165, 1.54) is 0 Å². The number of aldehydes is 1. The first-order chi connectivity index (χ1) is 7.43. The molecule has 0 unspecified atom stereocenters. The second-order valence-corrected chi connectivity index (χ2v) is 5.71. The molecule has 0 fully saturated rings. The van der Waals surface area contributed by atoms with Gasteiger partial charge < -0.3 is 4.40 Å². The molecule has 0 aliphatic heterocycles. The van der Waals surface area contributed by atoms with Crippen molar-refractivity contribution >= 4 is 27.7 Å².